The summed E-state index contributed by atoms with van der Waals surface area (Å²) >= 11 is 1.50. The van der Waals surface area contributed by atoms with Crippen molar-refractivity contribution in [3.05, 3.63) is 36.7 Å². The van der Waals surface area contributed by atoms with Crippen LogP contribution in [0.3, 0.4) is 0 Å². The summed E-state index contributed by atoms with van der Waals surface area (Å²) < 4.78 is 16.2. The average Bonchev–Trinajstić information content (AvgIpc) is 2.76. The molecule has 0 radical (unpaired) electrons. The molecule has 1 saturated heterocycles. The van der Waals surface area contributed by atoms with Gasteiger partial charge in [0, 0.05) is 48.7 Å². The summed E-state index contributed by atoms with van der Waals surface area (Å²) in [6.07, 6.45) is 0.877. The number of rotatable bonds is 7. The Balaban J connectivity index is 0.000000837. The Kier molecular flexibility index (Phi) is 9.89. The molecule has 0 unspecified atom stereocenters. The highest BCUT2D eigenvalue weighted by Gasteiger charge is 2.19. The fraction of sp³-hybridized carbons (Fsp3) is 0.409. The third-order valence-corrected chi connectivity index (χ3v) is 5.29. The third kappa shape index (κ3) is 7.47. The van der Waals surface area contributed by atoms with Gasteiger partial charge in [0.2, 0.25) is 6.41 Å². The first kappa shape index (κ1) is 25.6. The first-order valence-electron chi connectivity index (χ1n) is 10.3. The number of piperazine rings is 1. The van der Waals surface area contributed by atoms with Crippen LogP contribution in [0.5, 0.6) is 0 Å². The van der Waals surface area contributed by atoms with E-state index in [1.807, 2.05) is 45.1 Å². The Bertz CT molecular complexity index is 945. The number of halogens is 1. The molecule has 2 heterocycles. The van der Waals surface area contributed by atoms with Gasteiger partial charge in [0.25, 0.3) is 5.91 Å². The quantitative estimate of drug-likeness (QED) is 0.372. The number of carbonyl (C=O) groups is 2. The largest absolute Gasteiger partial charge is 0.367 e. The Morgan fingerprint density at radius 2 is 1.91 bits per heavy atom. The number of aromatic nitrogens is 1. The van der Waals surface area contributed by atoms with E-state index in [1.165, 1.54) is 11.9 Å². The Morgan fingerprint density at radius 3 is 2.47 bits per heavy atom. The molecule has 10 heteroatoms. The summed E-state index contributed by atoms with van der Waals surface area (Å²) in [6, 6.07) is 7.52. The van der Waals surface area contributed by atoms with Gasteiger partial charge in [-0.25, -0.2) is 9.37 Å². The van der Waals surface area contributed by atoms with Crippen LogP contribution in [0.2, 0.25) is 0 Å². The van der Waals surface area contributed by atoms with E-state index in [2.05, 4.69) is 32.6 Å². The lowest BCUT2D eigenvalue weighted by Crippen LogP contribution is -2.45. The molecule has 2 amide bonds. The molecular weight excluding hydrogens is 431 g/mol. The number of hydrogen-bond donors (Lipinski definition) is 2. The van der Waals surface area contributed by atoms with Crippen molar-refractivity contribution in [2.75, 3.05) is 64.1 Å². The minimum absolute atomic E-state index is 0.263. The lowest BCUT2D eigenvalue weighted by Gasteiger charge is -2.35. The molecule has 174 valence electrons. The zero-order valence-corrected chi connectivity index (χ0v) is 19.8. The third-order valence-electron chi connectivity index (χ3n) is 4.38. The van der Waals surface area contributed by atoms with E-state index in [-0.39, 0.29) is 5.82 Å². The summed E-state index contributed by atoms with van der Waals surface area (Å²) in [7, 11) is 6.00. The molecule has 0 bridgehead atoms. The van der Waals surface area contributed by atoms with E-state index >= 15 is 0 Å². The number of hydrogen-bond acceptors (Lipinski definition) is 7. The number of nitrogens with zero attached hydrogens (tertiary/aromatic N) is 4. The topological polar surface area (TPSA) is 80.8 Å². The second kappa shape index (κ2) is 12.4. The van der Waals surface area contributed by atoms with Crippen molar-refractivity contribution in [3.8, 4) is 0 Å². The normalized spacial score (nSPS) is 13.6. The van der Waals surface area contributed by atoms with Crippen LogP contribution >= 0.6 is 11.9 Å². The van der Waals surface area contributed by atoms with Crippen molar-refractivity contribution < 1.29 is 14.0 Å². The van der Waals surface area contributed by atoms with Gasteiger partial charge in [-0.2, -0.15) is 0 Å². The van der Waals surface area contributed by atoms with Crippen molar-refractivity contribution in [2.24, 2.45) is 0 Å². The molecule has 0 atom stereocenters. The van der Waals surface area contributed by atoms with Crippen molar-refractivity contribution in [1.29, 1.82) is 0 Å². The van der Waals surface area contributed by atoms with Gasteiger partial charge in [-0.1, -0.05) is 13.5 Å². The molecule has 1 aromatic heterocycles. The monoisotopic (exact) mass is 462 g/mol. The molecule has 1 aliphatic rings. The fourth-order valence-electron chi connectivity index (χ4n) is 2.99. The zero-order valence-electron chi connectivity index (χ0n) is 19.0. The van der Waals surface area contributed by atoms with Crippen LogP contribution in [0.25, 0.3) is 10.9 Å². The lowest BCUT2D eigenvalue weighted by atomic mass is 10.1. The van der Waals surface area contributed by atoms with Crippen LogP contribution in [0.15, 0.2) is 41.6 Å². The molecule has 1 fully saturated rings. The number of fused-ring (bicyclic) bond motifs is 1. The molecule has 2 aromatic rings. The van der Waals surface area contributed by atoms with E-state index < -0.39 is 11.7 Å². The van der Waals surface area contributed by atoms with E-state index in [0.717, 1.165) is 42.0 Å². The van der Waals surface area contributed by atoms with Gasteiger partial charge in [-0.05, 0) is 57.4 Å². The van der Waals surface area contributed by atoms with Crippen LogP contribution in [0.4, 0.5) is 15.9 Å². The number of carbonyl (C=O) groups excluding carboxylic acids is 2. The van der Waals surface area contributed by atoms with Gasteiger partial charge >= 0.3 is 0 Å². The number of benzene rings is 1. The van der Waals surface area contributed by atoms with Gasteiger partial charge in [-0.3, -0.25) is 14.3 Å². The van der Waals surface area contributed by atoms with Gasteiger partial charge in [0.1, 0.15) is 5.82 Å². The van der Waals surface area contributed by atoms with Gasteiger partial charge in [0.05, 0.1) is 5.52 Å². The van der Waals surface area contributed by atoms with E-state index in [1.54, 1.807) is 11.0 Å². The van der Waals surface area contributed by atoms with Crippen molar-refractivity contribution in [3.63, 3.8) is 0 Å². The molecule has 0 saturated carbocycles. The van der Waals surface area contributed by atoms with E-state index in [9.17, 15) is 14.0 Å². The van der Waals surface area contributed by atoms with Gasteiger partial charge in [-0.15, -0.1) is 0 Å². The Hall–Kier alpha value is -2.69. The van der Waals surface area contributed by atoms with Crippen LogP contribution in [0, 0.1) is 0 Å². The molecule has 3 rings (SSSR count). The van der Waals surface area contributed by atoms with E-state index in [4.69, 9.17) is 0 Å². The highest BCUT2D eigenvalue weighted by Crippen LogP contribution is 2.32. The smallest absolute Gasteiger partial charge is 0.284 e. The number of anilines is 2. The standard InChI is InChI=1S/C19H22FN5O2S.C3H9N/c1-3-21-28-14-10-16-15(4-5-18(22-16)23-19(27)13(2)20)17(11-14)25-8-6-24(12-26)7-9-25;1-4(2)3/h4-5,10-12,21H,2-3,6-9H2,1H3,(H,22,23,27);1-3H3. The van der Waals surface area contributed by atoms with Crippen LogP contribution in [-0.2, 0) is 9.59 Å². The predicted molar refractivity (Wildman–Crippen MR) is 130 cm³/mol. The summed E-state index contributed by atoms with van der Waals surface area (Å²) in [4.78, 5) is 34.0. The van der Waals surface area contributed by atoms with Crippen molar-refractivity contribution in [1.82, 2.24) is 19.5 Å². The maximum absolute atomic E-state index is 13.0. The van der Waals surface area contributed by atoms with Crippen LogP contribution in [-0.4, -0.2) is 81.0 Å². The molecule has 0 aliphatic carbocycles. The fourth-order valence-corrected chi connectivity index (χ4v) is 3.64. The summed E-state index contributed by atoms with van der Waals surface area (Å²) in [5, 5.41) is 3.33. The lowest BCUT2D eigenvalue weighted by molar-refractivity contribution is -0.118. The summed E-state index contributed by atoms with van der Waals surface area (Å²) in [5.41, 5.74) is 1.71. The van der Waals surface area contributed by atoms with Crippen molar-refractivity contribution >= 4 is 46.7 Å². The SMILES string of the molecule is C=C(F)C(=O)Nc1ccc2c(N3CCN(C=O)CC3)cc(SNCC)cc2n1.CN(C)C. The predicted octanol–water partition coefficient (Wildman–Crippen LogP) is 2.73. The maximum Gasteiger partial charge on any atom is 0.284 e. The molecule has 32 heavy (non-hydrogen) atoms. The Morgan fingerprint density at radius 1 is 1.25 bits per heavy atom. The first-order valence-corrected chi connectivity index (χ1v) is 11.1. The minimum Gasteiger partial charge on any atom is -0.367 e. The maximum atomic E-state index is 13.0. The van der Waals surface area contributed by atoms with Crippen LogP contribution in [0.1, 0.15) is 6.92 Å². The first-order chi connectivity index (χ1) is 15.2. The Labute approximate surface area is 193 Å². The van der Waals surface area contributed by atoms with Gasteiger partial charge in [0.15, 0.2) is 5.83 Å². The number of amides is 2. The molecule has 1 aromatic carbocycles. The molecular formula is C22H31FN6O2S. The zero-order chi connectivity index (χ0) is 23.7. The summed E-state index contributed by atoms with van der Waals surface area (Å²) in [6.45, 7) is 8.59. The molecule has 1 aliphatic heterocycles. The molecule has 8 nitrogen and oxygen atoms in total. The highest BCUT2D eigenvalue weighted by atomic mass is 32.2. The number of nitrogens with one attached hydrogen (secondary N) is 2. The van der Waals surface area contributed by atoms with Gasteiger partial charge < -0.3 is 20.0 Å². The minimum atomic E-state index is -1.06. The second-order valence-corrected chi connectivity index (χ2v) is 8.60. The summed E-state index contributed by atoms with van der Waals surface area (Å²) in [5.74, 6) is -1.71. The second-order valence-electron chi connectivity index (χ2n) is 7.63. The average molecular weight is 463 g/mol. The highest BCUT2D eigenvalue weighted by molar-refractivity contribution is 7.97. The van der Waals surface area contributed by atoms with E-state index in [0.29, 0.717) is 18.6 Å². The molecule has 2 N–H and O–H groups in total. The van der Waals surface area contributed by atoms with Crippen LogP contribution < -0.4 is 14.9 Å². The van der Waals surface area contributed by atoms with Crippen molar-refractivity contribution in [2.45, 2.75) is 11.8 Å². The molecule has 0 spiro atoms. The number of pyridine rings is 1.